The third-order valence-corrected chi connectivity index (χ3v) is 3.60. The molecule has 0 fully saturated rings. The van der Waals surface area contributed by atoms with E-state index in [1.165, 1.54) is 5.56 Å². The van der Waals surface area contributed by atoms with Crippen LogP contribution in [-0.2, 0) is 19.6 Å². The second-order valence-corrected chi connectivity index (χ2v) is 7.03. The molecule has 2 rings (SSSR count). The van der Waals surface area contributed by atoms with Crippen molar-refractivity contribution in [3.05, 3.63) is 47.7 Å². The molecule has 0 saturated carbocycles. The van der Waals surface area contributed by atoms with Gasteiger partial charge in [0.05, 0.1) is 5.69 Å². The summed E-state index contributed by atoms with van der Waals surface area (Å²) >= 11 is 0. The molecule has 120 valence electrons. The van der Waals surface area contributed by atoms with Crippen molar-refractivity contribution in [3.63, 3.8) is 0 Å². The summed E-state index contributed by atoms with van der Waals surface area (Å²) < 4.78 is 8.04. The Morgan fingerprint density at radius 2 is 1.86 bits per heavy atom. The zero-order valence-electron chi connectivity index (χ0n) is 14.3. The van der Waals surface area contributed by atoms with E-state index < -0.39 is 0 Å². The molecule has 3 heteroatoms. The Hall–Kier alpha value is -1.77. The lowest BCUT2D eigenvalue weighted by molar-refractivity contribution is 0.258. The number of ether oxygens (including phenoxy) is 1. The smallest absolute Gasteiger partial charge is 0.212 e. The average molecular weight is 300 g/mol. The van der Waals surface area contributed by atoms with Crippen LogP contribution in [0.4, 0.5) is 0 Å². The molecule has 0 aliphatic heterocycles. The fourth-order valence-electron chi connectivity index (χ4n) is 2.28. The zero-order valence-corrected chi connectivity index (χ0v) is 14.3. The molecular weight excluding hydrogens is 272 g/mol. The van der Waals surface area contributed by atoms with Gasteiger partial charge in [-0.3, -0.25) is 0 Å². The first-order valence-electron chi connectivity index (χ1n) is 8.21. The number of nitrogens with zero attached hydrogens (tertiary/aromatic N) is 2. The van der Waals surface area contributed by atoms with Crippen LogP contribution in [0.2, 0.25) is 0 Å². The van der Waals surface area contributed by atoms with E-state index in [0.717, 1.165) is 37.4 Å². The second kappa shape index (κ2) is 7.48. The summed E-state index contributed by atoms with van der Waals surface area (Å²) in [6.07, 6.45) is 3.20. The van der Waals surface area contributed by atoms with Gasteiger partial charge < -0.3 is 4.74 Å². The largest absolute Gasteiger partial charge is 0.473 e. The predicted octanol–water partition coefficient (Wildman–Crippen LogP) is 4.85. The van der Waals surface area contributed by atoms with Crippen LogP contribution in [-0.4, -0.2) is 9.78 Å². The third kappa shape index (κ3) is 5.21. The van der Waals surface area contributed by atoms with Crippen molar-refractivity contribution in [1.82, 2.24) is 9.78 Å². The molecule has 0 unspecified atom stereocenters. The van der Waals surface area contributed by atoms with Crippen LogP contribution in [0.25, 0.3) is 0 Å². The average Bonchev–Trinajstić information content (AvgIpc) is 2.86. The van der Waals surface area contributed by atoms with Crippen molar-refractivity contribution in [3.8, 4) is 5.88 Å². The van der Waals surface area contributed by atoms with E-state index in [0.29, 0.717) is 12.0 Å². The lowest BCUT2D eigenvalue weighted by atomic mass is 9.92. The number of hydrogen-bond donors (Lipinski definition) is 0. The van der Waals surface area contributed by atoms with Gasteiger partial charge in [-0.2, -0.15) is 5.10 Å². The molecule has 1 aromatic heterocycles. The minimum absolute atomic E-state index is 0.299. The van der Waals surface area contributed by atoms with Gasteiger partial charge in [-0.15, -0.1) is 0 Å². The van der Waals surface area contributed by atoms with Crippen LogP contribution in [0, 0.1) is 5.41 Å². The van der Waals surface area contributed by atoms with Crippen LogP contribution in [0.1, 0.15) is 51.8 Å². The van der Waals surface area contributed by atoms with Gasteiger partial charge in [0, 0.05) is 12.6 Å². The van der Waals surface area contributed by atoms with Crippen molar-refractivity contribution >= 4 is 0 Å². The van der Waals surface area contributed by atoms with Crippen molar-refractivity contribution in [2.45, 2.75) is 60.1 Å². The zero-order chi connectivity index (χ0) is 16.0. The Labute approximate surface area is 134 Å². The second-order valence-electron chi connectivity index (χ2n) is 7.03. The van der Waals surface area contributed by atoms with Crippen molar-refractivity contribution in [2.75, 3.05) is 0 Å². The standard InChI is InChI=1S/C19H28N2O/c1-5-9-17-14-18(21(20-17)13-12-19(2,3)4)22-15-16-10-7-6-8-11-16/h6-8,10-11,14H,5,9,12-13,15H2,1-4H3. The molecule has 0 saturated heterocycles. The van der Waals surface area contributed by atoms with E-state index in [-0.39, 0.29) is 0 Å². The third-order valence-electron chi connectivity index (χ3n) is 3.60. The van der Waals surface area contributed by atoms with E-state index >= 15 is 0 Å². The topological polar surface area (TPSA) is 27.1 Å². The minimum atomic E-state index is 0.299. The van der Waals surface area contributed by atoms with Gasteiger partial charge >= 0.3 is 0 Å². The summed E-state index contributed by atoms with van der Waals surface area (Å²) in [6.45, 7) is 10.4. The molecule has 3 nitrogen and oxygen atoms in total. The lowest BCUT2D eigenvalue weighted by Gasteiger charge is -2.18. The molecule has 22 heavy (non-hydrogen) atoms. The number of benzene rings is 1. The Bertz CT molecular complexity index is 567. The maximum absolute atomic E-state index is 6.02. The van der Waals surface area contributed by atoms with Gasteiger partial charge in [-0.25, -0.2) is 4.68 Å². The first-order chi connectivity index (χ1) is 10.5. The molecule has 0 atom stereocenters. The molecule has 0 spiro atoms. The summed E-state index contributed by atoms with van der Waals surface area (Å²) in [5, 5.41) is 4.71. The molecule has 0 aliphatic rings. The van der Waals surface area contributed by atoms with E-state index in [2.05, 4.69) is 45.9 Å². The summed E-state index contributed by atoms with van der Waals surface area (Å²) in [6, 6.07) is 12.4. The quantitative estimate of drug-likeness (QED) is 0.731. The van der Waals surface area contributed by atoms with Crippen LogP contribution in [0.15, 0.2) is 36.4 Å². The molecule has 2 aromatic rings. The van der Waals surface area contributed by atoms with Crippen molar-refractivity contribution < 1.29 is 4.74 Å². The maximum atomic E-state index is 6.02. The fraction of sp³-hybridized carbons (Fsp3) is 0.526. The predicted molar refractivity (Wildman–Crippen MR) is 91.1 cm³/mol. The maximum Gasteiger partial charge on any atom is 0.212 e. The molecule has 0 N–H and O–H groups in total. The fourth-order valence-corrected chi connectivity index (χ4v) is 2.28. The van der Waals surface area contributed by atoms with Gasteiger partial charge in [-0.1, -0.05) is 64.4 Å². The number of aromatic nitrogens is 2. The SMILES string of the molecule is CCCc1cc(OCc2ccccc2)n(CCC(C)(C)C)n1. The number of aryl methyl sites for hydroxylation is 2. The summed E-state index contributed by atoms with van der Waals surface area (Å²) in [7, 11) is 0. The highest BCUT2D eigenvalue weighted by Gasteiger charge is 2.14. The molecular formula is C19H28N2O. The van der Waals surface area contributed by atoms with Gasteiger partial charge in [0.1, 0.15) is 6.61 Å². The Balaban J connectivity index is 2.06. The van der Waals surface area contributed by atoms with E-state index in [1.807, 2.05) is 22.9 Å². The van der Waals surface area contributed by atoms with Crippen LogP contribution < -0.4 is 4.74 Å². The minimum Gasteiger partial charge on any atom is -0.473 e. The Morgan fingerprint density at radius 3 is 2.50 bits per heavy atom. The van der Waals surface area contributed by atoms with Crippen LogP contribution >= 0.6 is 0 Å². The molecule has 1 aromatic carbocycles. The van der Waals surface area contributed by atoms with Gasteiger partial charge in [0.25, 0.3) is 0 Å². The Morgan fingerprint density at radius 1 is 1.14 bits per heavy atom. The van der Waals surface area contributed by atoms with Gasteiger partial charge in [-0.05, 0) is 23.8 Å². The van der Waals surface area contributed by atoms with Crippen molar-refractivity contribution in [2.24, 2.45) is 5.41 Å². The lowest BCUT2D eigenvalue weighted by Crippen LogP contribution is -2.13. The van der Waals surface area contributed by atoms with Crippen LogP contribution in [0.5, 0.6) is 5.88 Å². The highest BCUT2D eigenvalue weighted by atomic mass is 16.5. The van der Waals surface area contributed by atoms with E-state index in [1.54, 1.807) is 0 Å². The monoisotopic (exact) mass is 300 g/mol. The molecule has 0 bridgehead atoms. The van der Waals surface area contributed by atoms with E-state index in [9.17, 15) is 0 Å². The first-order valence-corrected chi connectivity index (χ1v) is 8.21. The molecule has 1 heterocycles. The highest BCUT2D eigenvalue weighted by molar-refractivity contribution is 5.19. The molecule has 0 amide bonds. The number of rotatable bonds is 7. The van der Waals surface area contributed by atoms with Gasteiger partial charge in [0.15, 0.2) is 0 Å². The van der Waals surface area contributed by atoms with Crippen molar-refractivity contribution in [1.29, 1.82) is 0 Å². The summed E-state index contributed by atoms with van der Waals surface area (Å²) in [5.41, 5.74) is 2.61. The first kappa shape index (κ1) is 16.6. The summed E-state index contributed by atoms with van der Waals surface area (Å²) in [4.78, 5) is 0. The van der Waals surface area contributed by atoms with Gasteiger partial charge in [0.2, 0.25) is 5.88 Å². The van der Waals surface area contributed by atoms with Crippen LogP contribution in [0.3, 0.4) is 0 Å². The molecule has 0 radical (unpaired) electrons. The van der Waals surface area contributed by atoms with E-state index in [4.69, 9.17) is 9.84 Å². The summed E-state index contributed by atoms with van der Waals surface area (Å²) in [5.74, 6) is 0.886. The molecule has 0 aliphatic carbocycles. The Kier molecular flexibility index (Phi) is 5.64. The normalized spacial score (nSPS) is 11.6. The number of hydrogen-bond acceptors (Lipinski definition) is 2. The highest BCUT2D eigenvalue weighted by Crippen LogP contribution is 2.23.